The summed E-state index contributed by atoms with van der Waals surface area (Å²) in [6.45, 7) is 0.290. The summed E-state index contributed by atoms with van der Waals surface area (Å²) in [4.78, 5) is 15.8. The summed E-state index contributed by atoms with van der Waals surface area (Å²) < 4.78 is 0. The predicted molar refractivity (Wildman–Crippen MR) is 66.7 cm³/mol. The molecule has 2 aromatic heterocycles. The van der Waals surface area contributed by atoms with Crippen molar-refractivity contribution >= 4 is 11.7 Å². The minimum Gasteiger partial charge on any atom is -0.320 e. The van der Waals surface area contributed by atoms with E-state index in [0.29, 0.717) is 11.5 Å². The first-order valence-electron chi connectivity index (χ1n) is 5.25. The molecule has 0 aliphatic rings. The quantitative estimate of drug-likeness (QED) is 0.662. The number of carbonyl (C=O) groups excluding carboxylic acids is 1. The van der Waals surface area contributed by atoms with Crippen LogP contribution in [0.25, 0.3) is 0 Å². The minimum absolute atomic E-state index is 0.290. The van der Waals surface area contributed by atoms with Gasteiger partial charge in [-0.1, -0.05) is 11.8 Å². The number of rotatable bonds is 2. The zero-order chi connectivity index (χ0) is 12.8. The van der Waals surface area contributed by atoms with Crippen molar-refractivity contribution in [1.29, 1.82) is 0 Å². The fraction of sp³-hybridized carbons (Fsp3) is 0.0833. The Labute approximate surface area is 104 Å². The third kappa shape index (κ3) is 2.93. The van der Waals surface area contributed by atoms with E-state index >= 15 is 0 Å². The lowest BCUT2D eigenvalue weighted by Crippen LogP contribution is -2.13. The van der Waals surface area contributed by atoms with Crippen molar-refractivity contribution in [3.63, 3.8) is 0 Å². The van der Waals surface area contributed by atoms with Crippen LogP contribution in [0.2, 0.25) is 0 Å². The molecule has 0 saturated heterocycles. The van der Waals surface area contributed by atoms with Gasteiger partial charge in [0, 0.05) is 18.0 Å². The Kier molecular flexibility index (Phi) is 3.69. The Morgan fingerprint density at radius 2 is 2.33 bits per heavy atom. The summed E-state index contributed by atoms with van der Waals surface area (Å²) in [5.41, 5.74) is 6.41. The van der Waals surface area contributed by atoms with Gasteiger partial charge >= 0.3 is 0 Å². The number of nitrogens with zero attached hydrogens (tertiary/aromatic N) is 2. The number of aromatic amines is 1. The Hall–Kier alpha value is -2.65. The van der Waals surface area contributed by atoms with Crippen LogP contribution in [0.15, 0.2) is 30.6 Å². The lowest BCUT2D eigenvalue weighted by molar-refractivity contribution is 0.102. The van der Waals surface area contributed by atoms with Gasteiger partial charge in [-0.25, -0.2) is 4.98 Å². The molecule has 0 aliphatic heterocycles. The van der Waals surface area contributed by atoms with Crippen LogP contribution in [0.5, 0.6) is 0 Å². The molecule has 0 bridgehead atoms. The molecule has 6 nitrogen and oxygen atoms in total. The maximum Gasteiger partial charge on any atom is 0.274 e. The number of aromatic nitrogens is 3. The van der Waals surface area contributed by atoms with E-state index in [9.17, 15) is 4.79 Å². The molecule has 0 aliphatic carbocycles. The molecular formula is C12H11N5O. The molecule has 2 aromatic rings. The van der Waals surface area contributed by atoms with Crippen LogP contribution in [-0.4, -0.2) is 27.6 Å². The molecule has 1 amide bonds. The first-order chi connectivity index (χ1) is 8.79. The first kappa shape index (κ1) is 11.8. The standard InChI is InChI=1S/C12H11N5O/c13-5-1-2-9-3-6-14-11(8-9)16-12(18)10-4-7-15-17-10/h3-4,6-8H,5,13H2,(H,15,17)(H,14,16,18). The highest BCUT2D eigenvalue weighted by Gasteiger charge is 2.07. The predicted octanol–water partition coefficient (Wildman–Crippen LogP) is 0.367. The van der Waals surface area contributed by atoms with Crippen LogP contribution in [0, 0.1) is 11.8 Å². The minimum atomic E-state index is -0.302. The monoisotopic (exact) mass is 241 g/mol. The topological polar surface area (TPSA) is 96.7 Å². The number of hydrogen-bond acceptors (Lipinski definition) is 4. The van der Waals surface area contributed by atoms with E-state index in [1.54, 1.807) is 24.4 Å². The highest BCUT2D eigenvalue weighted by Crippen LogP contribution is 2.07. The largest absolute Gasteiger partial charge is 0.320 e. The zero-order valence-corrected chi connectivity index (χ0v) is 9.47. The second-order valence-corrected chi connectivity index (χ2v) is 3.36. The average molecular weight is 241 g/mol. The van der Waals surface area contributed by atoms with Crippen molar-refractivity contribution in [2.75, 3.05) is 11.9 Å². The highest BCUT2D eigenvalue weighted by atomic mass is 16.2. The van der Waals surface area contributed by atoms with E-state index in [0.717, 1.165) is 5.56 Å². The molecule has 4 N–H and O–H groups in total. The third-order valence-electron chi connectivity index (χ3n) is 2.08. The van der Waals surface area contributed by atoms with E-state index < -0.39 is 0 Å². The highest BCUT2D eigenvalue weighted by molar-refractivity contribution is 6.02. The average Bonchev–Trinajstić information content (AvgIpc) is 2.91. The lowest BCUT2D eigenvalue weighted by atomic mass is 10.2. The van der Waals surface area contributed by atoms with Crippen LogP contribution in [0.3, 0.4) is 0 Å². The number of H-pyrrole nitrogens is 1. The number of nitrogens with two attached hydrogens (primary N) is 1. The van der Waals surface area contributed by atoms with Crippen molar-refractivity contribution in [3.8, 4) is 11.8 Å². The fourth-order valence-electron chi connectivity index (χ4n) is 1.30. The Morgan fingerprint density at radius 3 is 3.06 bits per heavy atom. The van der Waals surface area contributed by atoms with Crippen LogP contribution in [0.4, 0.5) is 5.82 Å². The van der Waals surface area contributed by atoms with E-state index in [-0.39, 0.29) is 12.5 Å². The lowest BCUT2D eigenvalue weighted by Gasteiger charge is -2.02. The molecule has 0 unspecified atom stereocenters. The number of hydrogen-bond donors (Lipinski definition) is 3. The van der Waals surface area contributed by atoms with Crippen molar-refractivity contribution in [1.82, 2.24) is 15.2 Å². The van der Waals surface area contributed by atoms with Crippen molar-refractivity contribution < 1.29 is 4.79 Å². The molecule has 18 heavy (non-hydrogen) atoms. The van der Waals surface area contributed by atoms with Crippen molar-refractivity contribution in [3.05, 3.63) is 41.9 Å². The number of carbonyl (C=O) groups is 1. The molecular weight excluding hydrogens is 230 g/mol. The van der Waals surface area contributed by atoms with Crippen LogP contribution < -0.4 is 11.1 Å². The zero-order valence-electron chi connectivity index (χ0n) is 9.47. The van der Waals surface area contributed by atoms with E-state index in [1.807, 2.05) is 0 Å². The molecule has 2 rings (SSSR count). The molecule has 0 radical (unpaired) electrons. The van der Waals surface area contributed by atoms with E-state index in [1.165, 1.54) is 6.20 Å². The smallest absolute Gasteiger partial charge is 0.274 e. The van der Waals surface area contributed by atoms with Gasteiger partial charge in [0.2, 0.25) is 0 Å². The van der Waals surface area contributed by atoms with Crippen LogP contribution >= 0.6 is 0 Å². The van der Waals surface area contributed by atoms with Crippen molar-refractivity contribution in [2.45, 2.75) is 0 Å². The fourth-order valence-corrected chi connectivity index (χ4v) is 1.30. The summed E-state index contributed by atoms with van der Waals surface area (Å²) in [6.07, 6.45) is 3.08. The Bertz CT molecular complexity index is 594. The van der Waals surface area contributed by atoms with Gasteiger partial charge in [0.1, 0.15) is 11.5 Å². The molecule has 0 aromatic carbocycles. The van der Waals surface area contributed by atoms with Gasteiger partial charge < -0.3 is 11.1 Å². The van der Waals surface area contributed by atoms with Gasteiger partial charge in [-0.2, -0.15) is 5.10 Å². The van der Waals surface area contributed by atoms with Crippen LogP contribution in [0.1, 0.15) is 16.1 Å². The molecule has 0 saturated carbocycles. The summed E-state index contributed by atoms with van der Waals surface area (Å²) in [6, 6.07) is 5.00. The Morgan fingerprint density at radius 1 is 1.44 bits per heavy atom. The normalized spacial score (nSPS) is 9.39. The number of amides is 1. The summed E-state index contributed by atoms with van der Waals surface area (Å²) in [7, 11) is 0. The second-order valence-electron chi connectivity index (χ2n) is 3.36. The molecule has 0 atom stereocenters. The molecule has 0 spiro atoms. The third-order valence-corrected chi connectivity index (χ3v) is 2.08. The second kappa shape index (κ2) is 5.61. The van der Waals surface area contributed by atoms with Gasteiger partial charge in [-0.15, -0.1) is 0 Å². The van der Waals surface area contributed by atoms with E-state index in [2.05, 4.69) is 32.3 Å². The van der Waals surface area contributed by atoms with Gasteiger partial charge in [0.05, 0.1) is 6.54 Å². The van der Waals surface area contributed by atoms with Gasteiger partial charge in [0.25, 0.3) is 5.91 Å². The SMILES string of the molecule is NCC#Cc1ccnc(NC(=O)c2ccn[nH]2)c1. The number of anilines is 1. The van der Waals surface area contributed by atoms with Gasteiger partial charge in [-0.05, 0) is 18.2 Å². The Balaban J connectivity index is 2.12. The molecule has 2 heterocycles. The molecule has 6 heteroatoms. The summed E-state index contributed by atoms with van der Waals surface area (Å²) >= 11 is 0. The number of pyridine rings is 1. The van der Waals surface area contributed by atoms with Gasteiger partial charge in [0.15, 0.2) is 0 Å². The molecule has 90 valence electrons. The maximum atomic E-state index is 11.7. The number of nitrogens with one attached hydrogen (secondary N) is 2. The first-order valence-corrected chi connectivity index (χ1v) is 5.25. The van der Waals surface area contributed by atoms with Gasteiger partial charge in [-0.3, -0.25) is 9.89 Å². The van der Waals surface area contributed by atoms with Crippen LogP contribution in [-0.2, 0) is 0 Å². The molecule has 0 fully saturated rings. The summed E-state index contributed by atoms with van der Waals surface area (Å²) in [5, 5.41) is 8.91. The van der Waals surface area contributed by atoms with Crippen molar-refractivity contribution in [2.24, 2.45) is 5.73 Å². The summed E-state index contributed by atoms with van der Waals surface area (Å²) in [5.74, 6) is 5.73. The van der Waals surface area contributed by atoms with E-state index in [4.69, 9.17) is 5.73 Å². The maximum absolute atomic E-state index is 11.7.